The van der Waals surface area contributed by atoms with E-state index in [9.17, 15) is 14.0 Å². The Bertz CT molecular complexity index is 1050. The Labute approximate surface area is 146 Å². The molecule has 26 heavy (non-hydrogen) atoms. The molecular weight excluding hydrogens is 341 g/mol. The third kappa shape index (κ3) is 3.08. The fourth-order valence-corrected chi connectivity index (χ4v) is 2.92. The number of rotatable bonds is 4. The quantitative estimate of drug-likeness (QED) is 0.727. The summed E-state index contributed by atoms with van der Waals surface area (Å²) in [6, 6.07) is 5.08. The van der Waals surface area contributed by atoms with Crippen molar-refractivity contribution >= 4 is 17.0 Å². The average molecular weight is 357 g/mol. The monoisotopic (exact) mass is 357 g/mol. The van der Waals surface area contributed by atoms with E-state index in [1.807, 2.05) is 0 Å². The van der Waals surface area contributed by atoms with E-state index in [1.54, 1.807) is 0 Å². The summed E-state index contributed by atoms with van der Waals surface area (Å²) >= 11 is 0. The van der Waals surface area contributed by atoms with Crippen molar-refractivity contribution in [1.82, 2.24) is 19.5 Å². The molecule has 3 aromatic rings. The van der Waals surface area contributed by atoms with Gasteiger partial charge in [-0.1, -0.05) is 0 Å². The van der Waals surface area contributed by atoms with Gasteiger partial charge in [0, 0.05) is 19.3 Å². The van der Waals surface area contributed by atoms with Crippen molar-refractivity contribution in [3.8, 4) is 5.69 Å². The molecule has 9 heteroatoms. The minimum absolute atomic E-state index is 0.111. The van der Waals surface area contributed by atoms with Crippen LogP contribution in [0, 0.1) is 5.82 Å². The van der Waals surface area contributed by atoms with Crippen LogP contribution < -0.4 is 16.6 Å². The molecule has 0 aliphatic carbocycles. The van der Waals surface area contributed by atoms with Gasteiger partial charge in [0.05, 0.1) is 11.8 Å². The lowest BCUT2D eigenvalue weighted by atomic mass is 10.2. The summed E-state index contributed by atoms with van der Waals surface area (Å²) in [6.45, 7) is 1.31. The topological polar surface area (TPSA) is 102 Å². The summed E-state index contributed by atoms with van der Waals surface area (Å²) in [5.41, 5.74) is -0.817. The van der Waals surface area contributed by atoms with Gasteiger partial charge in [-0.05, 0) is 37.1 Å². The fraction of sp³-hybridized carbons (Fsp3) is 0.294. The van der Waals surface area contributed by atoms with Gasteiger partial charge in [-0.25, -0.2) is 18.7 Å². The summed E-state index contributed by atoms with van der Waals surface area (Å²) < 4.78 is 19.5. The number of anilines is 1. The number of H-pyrrole nitrogens is 1. The standard InChI is InChI=1S/C17H16FN5O3/c18-10-3-5-11(6-4-10)23-15(24)13-9-20-16(21-14(13)22-17(23)25)19-8-12-2-1-7-26-12/h3-6,9,12H,1-2,7-8H2,(H2,19,20,21,22,25)/t12-/m1/s1. The zero-order valence-corrected chi connectivity index (χ0v) is 13.7. The van der Waals surface area contributed by atoms with Gasteiger partial charge in [-0.15, -0.1) is 0 Å². The van der Waals surface area contributed by atoms with Crippen molar-refractivity contribution in [2.45, 2.75) is 18.9 Å². The maximum atomic E-state index is 13.1. The molecule has 1 aliphatic rings. The number of aromatic nitrogens is 4. The first-order valence-corrected chi connectivity index (χ1v) is 8.25. The van der Waals surface area contributed by atoms with Gasteiger partial charge < -0.3 is 10.1 Å². The second kappa shape index (κ2) is 6.68. The Kier molecular flexibility index (Phi) is 4.21. The molecule has 0 radical (unpaired) electrons. The van der Waals surface area contributed by atoms with Crippen molar-refractivity contribution in [3.05, 3.63) is 57.1 Å². The summed E-state index contributed by atoms with van der Waals surface area (Å²) in [7, 11) is 0. The van der Waals surface area contributed by atoms with Crippen molar-refractivity contribution in [2.75, 3.05) is 18.5 Å². The van der Waals surface area contributed by atoms with Crippen LogP contribution in [0.4, 0.5) is 10.3 Å². The van der Waals surface area contributed by atoms with Gasteiger partial charge in [0.25, 0.3) is 5.56 Å². The molecule has 0 spiro atoms. The predicted molar refractivity (Wildman–Crippen MR) is 93.2 cm³/mol. The van der Waals surface area contributed by atoms with Crippen molar-refractivity contribution in [3.63, 3.8) is 0 Å². The Morgan fingerprint density at radius 2 is 2.12 bits per heavy atom. The summed E-state index contributed by atoms with van der Waals surface area (Å²) in [4.78, 5) is 35.9. The van der Waals surface area contributed by atoms with Crippen molar-refractivity contribution < 1.29 is 9.13 Å². The number of aromatic amines is 1. The largest absolute Gasteiger partial charge is 0.376 e. The molecule has 134 valence electrons. The Balaban J connectivity index is 1.69. The highest BCUT2D eigenvalue weighted by Crippen LogP contribution is 2.13. The first-order chi connectivity index (χ1) is 12.6. The van der Waals surface area contributed by atoms with Gasteiger partial charge in [0.1, 0.15) is 11.2 Å². The molecule has 3 heterocycles. The lowest BCUT2D eigenvalue weighted by Crippen LogP contribution is -2.34. The third-order valence-corrected chi connectivity index (χ3v) is 4.25. The first-order valence-electron chi connectivity index (χ1n) is 8.25. The van der Waals surface area contributed by atoms with Gasteiger partial charge in [0.15, 0.2) is 5.65 Å². The van der Waals surface area contributed by atoms with Crippen LogP contribution in [0.1, 0.15) is 12.8 Å². The zero-order valence-electron chi connectivity index (χ0n) is 13.7. The van der Waals surface area contributed by atoms with Crippen LogP contribution >= 0.6 is 0 Å². The molecule has 4 rings (SSSR count). The number of nitrogens with zero attached hydrogens (tertiary/aromatic N) is 3. The molecule has 1 atom stereocenters. The van der Waals surface area contributed by atoms with Crippen LogP contribution in [0.3, 0.4) is 0 Å². The number of hydrogen-bond acceptors (Lipinski definition) is 6. The molecule has 2 N–H and O–H groups in total. The lowest BCUT2D eigenvalue weighted by Gasteiger charge is -2.11. The van der Waals surface area contributed by atoms with E-state index in [-0.39, 0.29) is 22.8 Å². The second-order valence-corrected chi connectivity index (χ2v) is 6.02. The second-order valence-electron chi connectivity index (χ2n) is 6.02. The van der Waals surface area contributed by atoms with E-state index < -0.39 is 17.1 Å². The molecule has 0 amide bonds. The molecule has 0 saturated carbocycles. The van der Waals surface area contributed by atoms with Gasteiger partial charge in [-0.2, -0.15) is 4.98 Å². The molecular formula is C17H16FN5O3. The molecule has 8 nitrogen and oxygen atoms in total. The van der Waals surface area contributed by atoms with Gasteiger partial charge in [-0.3, -0.25) is 9.78 Å². The molecule has 1 aromatic carbocycles. The molecule has 0 unspecified atom stereocenters. The number of hydrogen-bond donors (Lipinski definition) is 2. The van der Waals surface area contributed by atoms with Crippen LogP contribution in [-0.2, 0) is 4.74 Å². The average Bonchev–Trinajstić information content (AvgIpc) is 3.15. The number of benzene rings is 1. The highest BCUT2D eigenvalue weighted by atomic mass is 19.1. The molecule has 0 bridgehead atoms. The zero-order chi connectivity index (χ0) is 18.1. The minimum atomic E-state index is -0.655. The smallest absolute Gasteiger partial charge is 0.334 e. The van der Waals surface area contributed by atoms with E-state index in [0.29, 0.717) is 12.5 Å². The van der Waals surface area contributed by atoms with Crippen LogP contribution in [0.5, 0.6) is 0 Å². The summed E-state index contributed by atoms with van der Waals surface area (Å²) in [6.07, 6.45) is 3.47. The SMILES string of the molecule is O=c1[nH]c2nc(NC[C@H]3CCCO3)ncc2c(=O)n1-c1ccc(F)cc1. The van der Waals surface area contributed by atoms with Crippen LogP contribution in [0.2, 0.25) is 0 Å². The molecule has 1 aliphatic heterocycles. The van der Waals surface area contributed by atoms with E-state index >= 15 is 0 Å². The predicted octanol–water partition coefficient (Wildman–Crippen LogP) is 1.20. The Hall–Kier alpha value is -3.07. The van der Waals surface area contributed by atoms with E-state index in [1.165, 1.54) is 30.5 Å². The number of nitrogens with one attached hydrogen (secondary N) is 2. The maximum absolute atomic E-state index is 13.1. The van der Waals surface area contributed by atoms with Crippen LogP contribution in [0.15, 0.2) is 40.1 Å². The summed E-state index contributed by atoms with van der Waals surface area (Å²) in [5, 5.41) is 3.21. The third-order valence-electron chi connectivity index (χ3n) is 4.25. The first kappa shape index (κ1) is 16.4. The number of fused-ring (bicyclic) bond motifs is 1. The number of ether oxygens (including phenoxy) is 1. The fourth-order valence-electron chi connectivity index (χ4n) is 2.92. The molecule has 1 saturated heterocycles. The lowest BCUT2D eigenvalue weighted by molar-refractivity contribution is 0.120. The Morgan fingerprint density at radius 3 is 2.85 bits per heavy atom. The van der Waals surface area contributed by atoms with Gasteiger partial charge in [0.2, 0.25) is 5.95 Å². The number of halogens is 1. The highest BCUT2D eigenvalue weighted by Gasteiger charge is 2.16. The van der Waals surface area contributed by atoms with Crippen LogP contribution in [-0.4, -0.2) is 38.8 Å². The van der Waals surface area contributed by atoms with Crippen molar-refractivity contribution in [2.24, 2.45) is 0 Å². The van der Waals surface area contributed by atoms with Gasteiger partial charge >= 0.3 is 5.69 Å². The van der Waals surface area contributed by atoms with Crippen LogP contribution in [0.25, 0.3) is 16.7 Å². The van der Waals surface area contributed by atoms with E-state index in [2.05, 4.69) is 20.3 Å². The minimum Gasteiger partial charge on any atom is -0.376 e. The van der Waals surface area contributed by atoms with E-state index in [0.717, 1.165) is 24.0 Å². The normalized spacial score (nSPS) is 16.9. The molecule has 1 fully saturated rings. The molecule has 2 aromatic heterocycles. The highest BCUT2D eigenvalue weighted by molar-refractivity contribution is 5.73. The summed E-state index contributed by atoms with van der Waals surface area (Å²) in [5.74, 6) is -0.146. The maximum Gasteiger partial charge on any atom is 0.334 e. The van der Waals surface area contributed by atoms with Crippen molar-refractivity contribution in [1.29, 1.82) is 0 Å². The Morgan fingerprint density at radius 1 is 1.31 bits per heavy atom. The van der Waals surface area contributed by atoms with E-state index in [4.69, 9.17) is 4.74 Å².